The van der Waals surface area contributed by atoms with Gasteiger partial charge in [0.15, 0.2) is 5.13 Å². The highest BCUT2D eigenvalue weighted by molar-refractivity contribution is 8.00. The molecule has 1 saturated heterocycles. The Morgan fingerprint density at radius 2 is 2.15 bits per heavy atom. The Morgan fingerprint density at radius 3 is 2.89 bits per heavy atom. The molecule has 1 unspecified atom stereocenters. The fourth-order valence-electron chi connectivity index (χ4n) is 2.69. The Labute approximate surface area is 173 Å². The minimum atomic E-state index is -0.301. The number of hydrogen-bond donors (Lipinski definition) is 4. The van der Waals surface area contributed by atoms with Gasteiger partial charge in [-0.05, 0) is 56.4 Å². The highest BCUT2D eigenvalue weighted by Crippen LogP contribution is 2.32. The van der Waals surface area contributed by atoms with Gasteiger partial charge in [0.05, 0.1) is 15.6 Å². The summed E-state index contributed by atoms with van der Waals surface area (Å²) in [6.45, 7) is 4.05. The first-order valence-corrected chi connectivity index (χ1v) is 11.3. The molecule has 1 aliphatic heterocycles. The van der Waals surface area contributed by atoms with Crippen molar-refractivity contribution in [2.24, 2.45) is 0 Å². The summed E-state index contributed by atoms with van der Waals surface area (Å²) in [6, 6.07) is 3.77. The molecule has 0 spiro atoms. The van der Waals surface area contributed by atoms with Crippen LogP contribution in [0.15, 0.2) is 28.6 Å². The molecule has 3 rings (SSSR count). The average Bonchev–Trinajstić information content (AvgIpc) is 3.13. The zero-order chi connectivity index (χ0) is 18.9. The fourth-order valence-corrected chi connectivity index (χ4v) is 4.26. The fraction of sp³-hybridized carbons (Fsp3) is 0.500. The van der Waals surface area contributed by atoms with E-state index in [1.54, 1.807) is 12.3 Å². The molecule has 2 heterocycles. The maximum Gasteiger partial charge on any atom is 0.192 e. The maximum absolute atomic E-state index is 14.3. The molecule has 1 atom stereocenters. The van der Waals surface area contributed by atoms with Crippen LogP contribution in [0.2, 0.25) is 5.02 Å². The Balaban J connectivity index is 1.32. The predicted molar refractivity (Wildman–Crippen MR) is 115 cm³/mol. The topological polar surface area (TPSA) is 61.0 Å². The second-order valence-corrected chi connectivity index (χ2v) is 8.58. The molecule has 0 bridgehead atoms. The molecule has 1 aliphatic rings. The lowest BCUT2D eigenvalue weighted by molar-refractivity contribution is 0.353. The summed E-state index contributed by atoms with van der Waals surface area (Å²) in [4.78, 5) is 4.56. The molecule has 0 amide bonds. The van der Waals surface area contributed by atoms with E-state index in [9.17, 15) is 4.39 Å². The highest BCUT2D eigenvalue weighted by atomic mass is 35.5. The molecule has 0 saturated carbocycles. The standard InChI is InChI=1S/C18H25ClFN5S2/c19-14-10-17(27-25-18-24-8-9-26-18)15(20)11-16(14)23-6-3-1-2-5-21-12-13-4-7-22-13/h8-11,13,21-23H,1-7,12H2,(H,24,25). The van der Waals surface area contributed by atoms with E-state index >= 15 is 0 Å². The van der Waals surface area contributed by atoms with Gasteiger partial charge in [-0.3, -0.25) is 0 Å². The number of unbranched alkanes of at least 4 members (excludes halogenated alkanes) is 2. The zero-order valence-corrected chi connectivity index (χ0v) is 17.5. The molecule has 148 valence electrons. The molecular weight excluding hydrogens is 405 g/mol. The van der Waals surface area contributed by atoms with Crippen LogP contribution in [-0.2, 0) is 0 Å². The number of anilines is 2. The SMILES string of the molecule is Fc1cc(NCCCCCNCC2CCN2)c(Cl)cc1SNc1nccs1. The average molecular weight is 430 g/mol. The summed E-state index contributed by atoms with van der Waals surface area (Å²) in [7, 11) is 0. The van der Waals surface area contributed by atoms with E-state index in [1.165, 1.54) is 35.8 Å². The summed E-state index contributed by atoms with van der Waals surface area (Å²) >= 11 is 8.93. The quantitative estimate of drug-likeness (QED) is 0.292. The molecule has 4 N–H and O–H groups in total. The lowest BCUT2D eigenvalue weighted by Gasteiger charge is -2.27. The smallest absolute Gasteiger partial charge is 0.192 e. The molecule has 9 heteroatoms. The zero-order valence-electron chi connectivity index (χ0n) is 15.1. The van der Waals surface area contributed by atoms with Crippen molar-refractivity contribution >= 4 is 45.7 Å². The molecule has 0 radical (unpaired) electrons. The molecule has 1 aromatic heterocycles. The van der Waals surface area contributed by atoms with E-state index in [0.29, 0.717) is 21.6 Å². The lowest BCUT2D eigenvalue weighted by atomic mass is 10.1. The minimum absolute atomic E-state index is 0.301. The summed E-state index contributed by atoms with van der Waals surface area (Å²) < 4.78 is 17.3. The number of benzene rings is 1. The monoisotopic (exact) mass is 429 g/mol. The van der Waals surface area contributed by atoms with E-state index in [4.69, 9.17) is 11.6 Å². The minimum Gasteiger partial charge on any atom is -0.384 e. The molecule has 1 aromatic carbocycles. The van der Waals surface area contributed by atoms with Gasteiger partial charge >= 0.3 is 0 Å². The summed E-state index contributed by atoms with van der Waals surface area (Å²) in [6.07, 6.45) is 6.29. The van der Waals surface area contributed by atoms with Gasteiger partial charge in [0.25, 0.3) is 0 Å². The van der Waals surface area contributed by atoms with Crippen molar-refractivity contribution in [2.45, 2.75) is 36.6 Å². The van der Waals surface area contributed by atoms with Gasteiger partial charge in [0.1, 0.15) is 5.82 Å². The number of rotatable bonds is 12. The van der Waals surface area contributed by atoms with E-state index in [1.807, 2.05) is 5.38 Å². The van der Waals surface area contributed by atoms with E-state index < -0.39 is 0 Å². The molecule has 27 heavy (non-hydrogen) atoms. The first-order chi connectivity index (χ1) is 13.2. The van der Waals surface area contributed by atoms with Crippen LogP contribution in [-0.4, -0.2) is 37.2 Å². The van der Waals surface area contributed by atoms with Gasteiger partial charge in [-0.15, -0.1) is 11.3 Å². The van der Waals surface area contributed by atoms with Gasteiger partial charge in [-0.2, -0.15) is 0 Å². The largest absolute Gasteiger partial charge is 0.384 e. The van der Waals surface area contributed by atoms with Crippen LogP contribution < -0.4 is 20.7 Å². The predicted octanol–water partition coefficient (Wildman–Crippen LogP) is 4.59. The maximum atomic E-state index is 14.3. The molecule has 2 aromatic rings. The van der Waals surface area contributed by atoms with Crippen LogP contribution in [0.1, 0.15) is 25.7 Å². The number of nitrogens with zero attached hydrogens (tertiary/aromatic N) is 1. The van der Waals surface area contributed by atoms with Crippen LogP contribution in [0.25, 0.3) is 0 Å². The molecule has 5 nitrogen and oxygen atoms in total. The van der Waals surface area contributed by atoms with Crippen LogP contribution in [0, 0.1) is 5.82 Å². The first-order valence-electron chi connectivity index (χ1n) is 9.22. The summed E-state index contributed by atoms with van der Waals surface area (Å²) in [5.74, 6) is -0.301. The second-order valence-electron chi connectivity index (χ2n) is 6.44. The number of nitrogens with one attached hydrogen (secondary N) is 4. The third-order valence-corrected chi connectivity index (χ3v) is 6.32. The number of aromatic nitrogens is 1. The van der Waals surface area contributed by atoms with Crippen molar-refractivity contribution in [1.29, 1.82) is 0 Å². The Morgan fingerprint density at radius 1 is 1.30 bits per heavy atom. The van der Waals surface area contributed by atoms with Crippen molar-refractivity contribution in [3.8, 4) is 0 Å². The second kappa shape index (κ2) is 11.1. The van der Waals surface area contributed by atoms with Gasteiger partial charge in [-0.25, -0.2) is 9.37 Å². The van der Waals surface area contributed by atoms with Gasteiger partial charge in [0.2, 0.25) is 0 Å². The van der Waals surface area contributed by atoms with Crippen LogP contribution in [0.3, 0.4) is 0 Å². The van der Waals surface area contributed by atoms with E-state index in [0.717, 1.165) is 50.6 Å². The van der Waals surface area contributed by atoms with Crippen LogP contribution in [0.4, 0.5) is 15.2 Å². The summed E-state index contributed by atoms with van der Waals surface area (Å²) in [5, 5.41) is 13.2. The lowest BCUT2D eigenvalue weighted by Crippen LogP contribution is -2.49. The van der Waals surface area contributed by atoms with E-state index in [-0.39, 0.29) is 5.82 Å². The van der Waals surface area contributed by atoms with Crippen molar-refractivity contribution in [3.05, 3.63) is 34.5 Å². The van der Waals surface area contributed by atoms with Crippen molar-refractivity contribution in [2.75, 3.05) is 36.2 Å². The number of hydrogen-bond acceptors (Lipinski definition) is 7. The van der Waals surface area contributed by atoms with E-state index in [2.05, 4.69) is 25.7 Å². The third-order valence-electron chi connectivity index (χ3n) is 4.36. The number of halogens is 2. The van der Waals surface area contributed by atoms with Gasteiger partial charge in [0, 0.05) is 30.7 Å². The number of thiazole rings is 1. The molecule has 0 aliphatic carbocycles. The van der Waals surface area contributed by atoms with Crippen LogP contribution >= 0.6 is 34.9 Å². The van der Waals surface area contributed by atoms with Crippen molar-refractivity contribution < 1.29 is 4.39 Å². The van der Waals surface area contributed by atoms with Crippen molar-refractivity contribution in [3.63, 3.8) is 0 Å². The third kappa shape index (κ3) is 6.80. The molecule has 1 fully saturated rings. The van der Waals surface area contributed by atoms with Gasteiger partial charge in [-0.1, -0.05) is 18.0 Å². The normalized spacial score (nSPS) is 16.1. The van der Waals surface area contributed by atoms with Gasteiger partial charge < -0.3 is 20.7 Å². The summed E-state index contributed by atoms with van der Waals surface area (Å²) in [5.41, 5.74) is 0.641. The Kier molecular flexibility index (Phi) is 8.47. The molecular formula is C18H25ClFN5S2. The Bertz CT molecular complexity index is 697. The van der Waals surface area contributed by atoms with Crippen LogP contribution in [0.5, 0.6) is 0 Å². The Hall–Kier alpha value is -1.06. The van der Waals surface area contributed by atoms with Crippen molar-refractivity contribution in [1.82, 2.24) is 15.6 Å². The first kappa shape index (κ1) is 20.7. The highest BCUT2D eigenvalue weighted by Gasteiger charge is 2.14.